The molecule has 0 radical (unpaired) electrons. The van der Waals surface area contributed by atoms with Crippen LogP contribution in [0, 0.1) is 5.82 Å². The lowest BCUT2D eigenvalue weighted by molar-refractivity contribution is 0.573. The lowest BCUT2D eigenvalue weighted by Crippen LogP contribution is -2.47. The first-order valence-corrected chi connectivity index (χ1v) is 8.87. The molecule has 0 bridgehead atoms. The summed E-state index contributed by atoms with van der Waals surface area (Å²) in [4.78, 5) is 17.3. The average Bonchev–Trinajstić information content (AvgIpc) is 3.06. The van der Waals surface area contributed by atoms with Gasteiger partial charge in [-0.05, 0) is 12.1 Å². The van der Waals surface area contributed by atoms with Crippen molar-refractivity contribution in [3.05, 3.63) is 48.4 Å². The summed E-state index contributed by atoms with van der Waals surface area (Å²) in [6.07, 6.45) is 6.69. The van der Waals surface area contributed by atoms with Gasteiger partial charge in [0, 0.05) is 44.0 Å². The second-order valence-electron chi connectivity index (χ2n) is 7.70. The first-order chi connectivity index (χ1) is 12.4. The molecular formula is C19H23FN6. The Balaban J connectivity index is 1.49. The summed E-state index contributed by atoms with van der Waals surface area (Å²) >= 11 is 0. The van der Waals surface area contributed by atoms with E-state index in [1.54, 1.807) is 0 Å². The lowest BCUT2D eigenvalue weighted by atomic mass is 9.93. The average molecular weight is 354 g/mol. The molecule has 1 aliphatic rings. The van der Waals surface area contributed by atoms with Crippen LogP contribution < -0.4 is 9.80 Å². The molecule has 1 aliphatic heterocycles. The SMILES string of the molecule is CC(C)(C)c1cn2cc(N3CCN(c4ncc(F)cn4)CC3)ccc2n1. The van der Waals surface area contributed by atoms with Gasteiger partial charge in [0.2, 0.25) is 5.95 Å². The number of imidazole rings is 1. The highest BCUT2D eigenvalue weighted by atomic mass is 19.1. The number of pyridine rings is 1. The van der Waals surface area contributed by atoms with Crippen LogP contribution in [0.3, 0.4) is 0 Å². The molecule has 26 heavy (non-hydrogen) atoms. The van der Waals surface area contributed by atoms with Crippen LogP contribution in [0.5, 0.6) is 0 Å². The molecule has 0 N–H and O–H groups in total. The largest absolute Gasteiger partial charge is 0.367 e. The van der Waals surface area contributed by atoms with Gasteiger partial charge >= 0.3 is 0 Å². The zero-order valence-electron chi connectivity index (χ0n) is 15.4. The van der Waals surface area contributed by atoms with Crippen LogP contribution in [0.4, 0.5) is 16.0 Å². The highest BCUT2D eigenvalue weighted by Crippen LogP contribution is 2.24. The summed E-state index contributed by atoms with van der Waals surface area (Å²) in [5.74, 6) is 0.182. The van der Waals surface area contributed by atoms with Gasteiger partial charge in [-0.15, -0.1) is 0 Å². The van der Waals surface area contributed by atoms with Gasteiger partial charge in [-0.25, -0.2) is 19.3 Å². The van der Waals surface area contributed by atoms with E-state index in [1.807, 2.05) is 0 Å². The first-order valence-electron chi connectivity index (χ1n) is 8.87. The van der Waals surface area contributed by atoms with Crippen molar-refractivity contribution >= 4 is 17.3 Å². The maximum Gasteiger partial charge on any atom is 0.225 e. The molecule has 3 aromatic heterocycles. The fourth-order valence-electron chi connectivity index (χ4n) is 3.16. The fourth-order valence-corrected chi connectivity index (χ4v) is 3.16. The number of anilines is 2. The molecule has 4 heterocycles. The second-order valence-corrected chi connectivity index (χ2v) is 7.70. The zero-order chi connectivity index (χ0) is 18.3. The van der Waals surface area contributed by atoms with Crippen LogP contribution in [0.25, 0.3) is 5.65 Å². The Bertz CT molecular complexity index is 904. The van der Waals surface area contributed by atoms with Gasteiger partial charge in [-0.1, -0.05) is 20.8 Å². The maximum atomic E-state index is 13.0. The third-order valence-corrected chi connectivity index (χ3v) is 4.74. The van der Waals surface area contributed by atoms with E-state index >= 15 is 0 Å². The van der Waals surface area contributed by atoms with E-state index in [4.69, 9.17) is 4.98 Å². The minimum absolute atomic E-state index is 0.0347. The van der Waals surface area contributed by atoms with E-state index in [-0.39, 0.29) is 5.41 Å². The van der Waals surface area contributed by atoms with E-state index < -0.39 is 5.82 Å². The molecule has 1 saturated heterocycles. The standard InChI is InChI=1S/C19H23FN6/c1-19(2,3)16-13-26-12-15(4-5-17(26)23-16)24-6-8-25(9-7-24)18-21-10-14(20)11-22-18/h4-5,10-13H,6-9H2,1-3H3. The Morgan fingerprint density at radius 2 is 1.58 bits per heavy atom. The molecule has 1 fully saturated rings. The minimum atomic E-state index is -0.407. The van der Waals surface area contributed by atoms with E-state index in [0.717, 1.165) is 37.5 Å². The zero-order valence-corrected chi connectivity index (χ0v) is 15.4. The molecule has 3 aromatic rings. The van der Waals surface area contributed by atoms with Crippen LogP contribution in [-0.4, -0.2) is 45.5 Å². The number of aromatic nitrogens is 4. The summed E-state index contributed by atoms with van der Waals surface area (Å²) in [6, 6.07) is 4.19. The number of halogens is 1. The highest BCUT2D eigenvalue weighted by Gasteiger charge is 2.21. The Morgan fingerprint density at radius 1 is 0.923 bits per heavy atom. The van der Waals surface area contributed by atoms with Crippen molar-refractivity contribution in [3.8, 4) is 0 Å². The number of hydrogen-bond acceptors (Lipinski definition) is 5. The van der Waals surface area contributed by atoms with Gasteiger partial charge in [-0.2, -0.15) is 0 Å². The van der Waals surface area contributed by atoms with Crippen LogP contribution in [0.1, 0.15) is 26.5 Å². The fraction of sp³-hybridized carbons (Fsp3) is 0.421. The van der Waals surface area contributed by atoms with Crippen LogP contribution >= 0.6 is 0 Å². The number of rotatable bonds is 2. The monoisotopic (exact) mass is 354 g/mol. The molecule has 4 rings (SSSR count). The number of hydrogen-bond donors (Lipinski definition) is 0. The predicted octanol–water partition coefficient (Wildman–Crippen LogP) is 2.89. The predicted molar refractivity (Wildman–Crippen MR) is 100 cm³/mol. The smallest absolute Gasteiger partial charge is 0.225 e. The van der Waals surface area contributed by atoms with Gasteiger partial charge in [-0.3, -0.25) is 0 Å². The van der Waals surface area contributed by atoms with Crippen LogP contribution in [0.15, 0.2) is 36.9 Å². The van der Waals surface area contributed by atoms with E-state index in [1.165, 1.54) is 18.1 Å². The van der Waals surface area contributed by atoms with Crippen LogP contribution in [-0.2, 0) is 5.41 Å². The molecule has 0 unspecified atom stereocenters. The highest BCUT2D eigenvalue weighted by molar-refractivity contribution is 5.54. The van der Waals surface area contributed by atoms with Gasteiger partial charge in [0.1, 0.15) is 5.65 Å². The molecule has 6 nitrogen and oxygen atoms in total. The summed E-state index contributed by atoms with van der Waals surface area (Å²) in [5.41, 5.74) is 3.27. The summed E-state index contributed by atoms with van der Waals surface area (Å²) in [7, 11) is 0. The van der Waals surface area contributed by atoms with Crippen molar-refractivity contribution in [2.24, 2.45) is 0 Å². The quantitative estimate of drug-likeness (QED) is 0.708. The molecule has 0 saturated carbocycles. The number of nitrogens with zero attached hydrogens (tertiary/aromatic N) is 6. The molecule has 7 heteroatoms. The third kappa shape index (κ3) is 3.21. The first kappa shape index (κ1) is 16.8. The third-order valence-electron chi connectivity index (χ3n) is 4.74. The van der Waals surface area contributed by atoms with Crippen molar-refractivity contribution in [2.75, 3.05) is 36.0 Å². The van der Waals surface area contributed by atoms with Gasteiger partial charge < -0.3 is 14.2 Å². The van der Waals surface area contributed by atoms with Crippen molar-refractivity contribution in [3.63, 3.8) is 0 Å². The number of piperazine rings is 1. The topological polar surface area (TPSA) is 49.6 Å². The van der Waals surface area contributed by atoms with Gasteiger partial charge in [0.25, 0.3) is 0 Å². The Hall–Kier alpha value is -2.70. The normalized spacial score (nSPS) is 15.7. The van der Waals surface area contributed by atoms with Crippen molar-refractivity contribution in [1.29, 1.82) is 0 Å². The van der Waals surface area contributed by atoms with Crippen LogP contribution in [0.2, 0.25) is 0 Å². The Morgan fingerprint density at radius 3 is 2.23 bits per heavy atom. The molecule has 0 spiro atoms. The van der Waals surface area contributed by atoms with Crippen molar-refractivity contribution in [1.82, 2.24) is 19.4 Å². The number of fused-ring (bicyclic) bond motifs is 1. The molecular weight excluding hydrogens is 331 g/mol. The van der Waals surface area contributed by atoms with Crippen molar-refractivity contribution in [2.45, 2.75) is 26.2 Å². The summed E-state index contributed by atoms with van der Waals surface area (Å²) in [5, 5.41) is 0. The van der Waals surface area contributed by atoms with E-state index in [0.29, 0.717) is 5.95 Å². The maximum absolute atomic E-state index is 13.0. The molecule has 136 valence electrons. The summed E-state index contributed by atoms with van der Waals surface area (Å²) in [6.45, 7) is 9.87. The van der Waals surface area contributed by atoms with E-state index in [2.05, 4.69) is 69.5 Å². The molecule has 0 aromatic carbocycles. The van der Waals surface area contributed by atoms with Crippen molar-refractivity contribution < 1.29 is 4.39 Å². The van der Waals surface area contributed by atoms with Gasteiger partial charge in [0.15, 0.2) is 5.82 Å². The Kier molecular flexibility index (Phi) is 4.01. The van der Waals surface area contributed by atoms with Gasteiger partial charge in [0.05, 0.1) is 23.8 Å². The summed E-state index contributed by atoms with van der Waals surface area (Å²) < 4.78 is 15.1. The minimum Gasteiger partial charge on any atom is -0.367 e. The molecule has 0 aliphatic carbocycles. The molecule has 0 atom stereocenters. The lowest BCUT2D eigenvalue weighted by Gasteiger charge is -2.36. The Labute approximate surface area is 152 Å². The molecule has 0 amide bonds. The second kappa shape index (κ2) is 6.23. The van der Waals surface area contributed by atoms with E-state index in [9.17, 15) is 4.39 Å².